The van der Waals surface area contributed by atoms with Crippen LogP contribution in [0.3, 0.4) is 0 Å². The maximum atomic E-state index is 13.5. The van der Waals surface area contributed by atoms with Crippen molar-refractivity contribution in [1.29, 1.82) is 0 Å². The van der Waals surface area contributed by atoms with Crippen molar-refractivity contribution in [2.75, 3.05) is 37.9 Å². The first-order chi connectivity index (χ1) is 34.3. The second-order valence-electron chi connectivity index (χ2n) is 17.1. The summed E-state index contributed by atoms with van der Waals surface area (Å²) in [4.78, 5) is 8.52. The van der Waals surface area contributed by atoms with Gasteiger partial charge in [-0.2, -0.15) is 10.2 Å². The molecular formula is C48H58N14O8S2. The molecule has 2 N–H and O–H groups in total. The number of sulfonamides is 2. The third-order valence-electron chi connectivity index (χ3n) is 11.9. The maximum absolute atomic E-state index is 13.5. The van der Waals surface area contributed by atoms with Crippen LogP contribution in [0.15, 0.2) is 98.1 Å². The summed E-state index contributed by atoms with van der Waals surface area (Å²) in [6, 6.07) is 13.5. The first-order valence-corrected chi connectivity index (χ1v) is 25.6. The Kier molecular flexibility index (Phi) is 15.6. The van der Waals surface area contributed by atoms with E-state index in [0.29, 0.717) is 57.1 Å². The van der Waals surface area contributed by atoms with Gasteiger partial charge >= 0.3 is 0 Å². The molecule has 22 nitrogen and oxygen atoms in total. The zero-order valence-corrected chi connectivity index (χ0v) is 43.6. The van der Waals surface area contributed by atoms with Crippen molar-refractivity contribution in [3.8, 4) is 57.1 Å². The van der Waals surface area contributed by atoms with Crippen molar-refractivity contribution < 1.29 is 35.8 Å². The number of para-hydroxylation sites is 2. The summed E-state index contributed by atoms with van der Waals surface area (Å²) in [5.74, 6) is 2.52. The number of nitrogens with zero attached hydrogens (tertiary/aromatic N) is 12. The first-order valence-electron chi connectivity index (χ1n) is 22.5. The number of aromatic nitrogens is 12. The average Bonchev–Trinajstić information content (AvgIpc) is 4.19. The van der Waals surface area contributed by atoms with Crippen LogP contribution in [-0.4, -0.2) is 115 Å². The summed E-state index contributed by atoms with van der Waals surface area (Å²) in [5.41, 5.74) is 5.90. The Hall–Kier alpha value is -7.86. The van der Waals surface area contributed by atoms with Gasteiger partial charge in [-0.15, -0.1) is 20.4 Å². The molecule has 0 saturated carbocycles. The number of pyridine rings is 2. The van der Waals surface area contributed by atoms with E-state index >= 15 is 0 Å². The summed E-state index contributed by atoms with van der Waals surface area (Å²) in [5, 5.41) is 23.9. The number of anilines is 2. The molecular weight excluding hydrogens is 965 g/mol. The van der Waals surface area contributed by atoms with Crippen LogP contribution < -0.4 is 28.4 Å². The zero-order chi connectivity index (χ0) is 52.1. The van der Waals surface area contributed by atoms with Gasteiger partial charge in [0.1, 0.15) is 34.4 Å². The van der Waals surface area contributed by atoms with Crippen molar-refractivity contribution in [2.24, 2.45) is 0 Å². The number of rotatable bonds is 18. The summed E-state index contributed by atoms with van der Waals surface area (Å²) in [6.07, 6.45) is 13.7. The van der Waals surface area contributed by atoms with Gasteiger partial charge in [-0.25, -0.2) is 16.8 Å². The number of benzene rings is 2. The van der Waals surface area contributed by atoms with Gasteiger partial charge in [-0.3, -0.25) is 37.9 Å². The molecule has 0 bridgehead atoms. The minimum atomic E-state index is -3.93. The smallest absolute Gasteiger partial charge is 0.243 e. The van der Waals surface area contributed by atoms with Crippen molar-refractivity contribution >= 4 is 31.9 Å². The average molecular weight is 1020 g/mol. The number of nitrogens with one attached hydrogen (secondary N) is 2. The molecule has 0 radical (unpaired) electrons. The van der Waals surface area contributed by atoms with E-state index in [9.17, 15) is 16.8 Å². The van der Waals surface area contributed by atoms with Crippen molar-refractivity contribution in [3.63, 3.8) is 0 Å². The SMILES string of the molecule is COc1cccc(OC)c1-n1c(NS(=O)(=O)[C@@H](C)[C@@H](C)n2cc(C)cn2)nnc1-c1cncc(C)c1.COc1cccc(OC)c1-n1c(NS(=O)(=O)[C@H](C)[C@H](C)n2cc(C)cn2)nnc1-c1cncc(C)c1. The molecule has 6 heterocycles. The largest absolute Gasteiger partial charge is 0.494 e. The molecule has 0 spiro atoms. The second kappa shape index (κ2) is 21.6. The minimum Gasteiger partial charge on any atom is -0.494 e. The lowest BCUT2D eigenvalue weighted by atomic mass is 10.2. The highest BCUT2D eigenvalue weighted by atomic mass is 32.2. The van der Waals surface area contributed by atoms with Crippen molar-refractivity contribution in [1.82, 2.24) is 59.1 Å². The standard InChI is InChI=1S/2C24H29N7O4S/c2*1-15-10-19(13-25-11-15)23-27-28-24(31(23)22-20(34-5)8-7-9-21(22)35-6)29-36(32,33)18(4)17(3)30-14-16(2)12-26-30/h2*7-14,17-18H,1-6H3,(H,28,29)/t2*17-,18+/m10/s1. The van der Waals surface area contributed by atoms with E-state index in [-0.39, 0.29) is 11.9 Å². The lowest BCUT2D eigenvalue weighted by molar-refractivity contribution is 0.391. The number of hydrogen-bond donors (Lipinski definition) is 2. The Bertz CT molecular complexity index is 3140. The van der Waals surface area contributed by atoms with E-state index in [1.54, 1.807) is 120 Å². The van der Waals surface area contributed by atoms with Gasteiger partial charge < -0.3 is 18.9 Å². The molecule has 0 amide bonds. The molecule has 0 aliphatic rings. The summed E-state index contributed by atoms with van der Waals surface area (Å²) in [6.45, 7) is 14.5. The number of aryl methyl sites for hydroxylation is 4. The van der Waals surface area contributed by atoms with Crippen molar-refractivity contribution in [2.45, 2.75) is 78.0 Å². The molecule has 0 fully saturated rings. The zero-order valence-electron chi connectivity index (χ0n) is 42.0. The molecule has 6 aromatic heterocycles. The van der Waals surface area contributed by atoms with E-state index in [4.69, 9.17) is 18.9 Å². The highest BCUT2D eigenvalue weighted by Gasteiger charge is 2.34. The van der Waals surface area contributed by atoms with E-state index in [0.717, 1.165) is 22.3 Å². The molecule has 380 valence electrons. The van der Waals surface area contributed by atoms with Crippen LogP contribution in [0.2, 0.25) is 0 Å². The lowest BCUT2D eigenvalue weighted by Gasteiger charge is -2.22. The predicted octanol–water partition coefficient (Wildman–Crippen LogP) is 7.10. The van der Waals surface area contributed by atoms with Gasteiger partial charge in [0.2, 0.25) is 31.9 Å². The maximum Gasteiger partial charge on any atom is 0.243 e. The molecule has 8 aromatic rings. The van der Waals surface area contributed by atoms with E-state index in [2.05, 4.69) is 50.0 Å². The number of hydrogen-bond acceptors (Lipinski definition) is 16. The van der Waals surface area contributed by atoms with Gasteiger partial charge in [0, 0.05) is 48.3 Å². The third-order valence-corrected chi connectivity index (χ3v) is 15.6. The third kappa shape index (κ3) is 10.9. The molecule has 8 rings (SSSR count). The Morgan fingerprint density at radius 2 is 0.833 bits per heavy atom. The van der Waals surface area contributed by atoms with Crippen LogP contribution >= 0.6 is 0 Å². The topological polar surface area (TPSA) is 252 Å². The normalized spacial score (nSPS) is 13.3. The molecule has 2 aromatic carbocycles. The van der Waals surface area contributed by atoms with Gasteiger partial charge in [0.15, 0.2) is 11.6 Å². The van der Waals surface area contributed by atoms with Crippen LogP contribution in [0, 0.1) is 27.7 Å². The molecule has 4 atom stereocenters. The summed E-state index contributed by atoms with van der Waals surface area (Å²) >= 11 is 0. The fraction of sp³-hybridized carbons (Fsp3) is 0.333. The second-order valence-corrected chi connectivity index (χ2v) is 21.1. The van der Waals surface area contributed by atoms with Gasteiger partial charge in [-0.05, 0) is 114 Å². The Morgan fingerprint density at radius 3 is 1.12 bits per heavy atom. The van der Waals surface area contributed by atoms with Crippen molar-refractivity contribution in [3.05, 3.63) is 120 Å². The molecule has 0 saturated heterocycles. The summed E-state index contributed by atoms with van der Waals surface area (Å²) in [7, 11) is -1.76. The monoisotopic (exact) mass is 1020 g/mol. The summed E-state index contributed by atoms with van der Waals surface area (Å²) < 4.78 is 88.1. The van der Waals surface area contributed by atoms with Crippen LogP contribution in [0.4, 0.5) is 11.9 Å². The molecule has 24 heteroatoms. The highest BCUT2D eigenvalue weighted by molar-refractivity contribution is 7.93. The Balaban J connectivity index is 0.000000211. The first kappa shape index (κ1) is 52.0. The van der Waals surface area contributed by atoms with E-state index < -0.39 is 42.6 Å². The van der Waals surface area contributed by atoms with Crippen LogP contribution in [0.25, 0.3) is 34.2 Å². The predicted molar refractivity (Wildman–Crippen MR) is 272 cm³/mol. The van der Waals surface area contributed by atoms with Gasteiger partial charge in [-0.1, -0.05) is 12.1 Å². The van der Waals surface area contributed by atoms with Gasteiger partial charge in [0.25, 0.3) is 0 Å². The minimum absolute atomic E-state index is 0.00926. The molecule has 72 heavy (non-hydrogen) atoms. The molecule has 0 unspecified atom stereocenters. The quantitative estimate of drug-likeness (QED) is 0.0869. The fourth-order valence-electron chi connectivity index (χ4n) is 7.66. The van der Waals surface area contributed by atoms with E-state index in [1.807, 2.05) is 52.2 Å². The Labute approximate surface area is 418 Å². The van der Waals surface area contributed by atoms with Gasteiger partial charge in [0.05, 0.1) is 63.4 Å². The molecule has 0 aliphatic carbocycles. The number of methoxy groups -OCH3 is 4. The lowest BCUT2D eigenvalue weighted by Crippen LogP contribution is -2.33. The number of ether oxygens (including phenoxy) is 4. The van der Waals surface area contributed by atoms with Crippen LogP contribution in [0.5, 0.6) is 23.0 Å². The molecule has 0 aliphatic heterocycles. The van der Waals surface area contributed by atoms with Crippen LogP contribution in [-0.2, 0) is 20.0 Å². The fourth-order valence-corrected chi connectivity index (χ4v) is 10.1. The van der Waals surface area contributed by atoms with Crippen LogP contribution in [0.1, 0.15) is 62.0 Å². The van der Waals surface area contributed by atoms with E-state index in [1.165, 1.54) is 28.4 Å². The Morgan fingerprint density at radius 1 is 0.486 bits per heavy atom. The highest BCUT2D eigenvalue weighted by Crippen LogP contribution is 2.40.